The topological polar surface area (TPSA) is 46.1 Å². The summed E-state index contributed by atoms with van der Waals surface area (Å²) in [5, 5.41) is 0. The molecular formula is C12H17N3O. The molecule has 1 aliphatic rings. The van der Waals surface area contributed by atoms with Crippen molar-refractivity contribution in [3.8, 4) is 0 Å². The van der Waals surface area contributed by atoms with E-state index in [2.05, 4.69) is 14.9 Å². The first kappa shape index (κ1) is 11.2. The SMILES string of the molecule is CC(C(=O)c1ccncn1)N1CCCCC1. The third-order valence-corrected chi connectivity index (χ3v) is 3.15. The second-order valence-corrected chi connectivity index (χ2v) is 4.23. The number of rotatable bonds is 3. The number of hydrogen-bond acceptors (Lipinski definition) is 4. The number of aromatic nitrogens is 2. The molecule has 4 nitrogen and oxygen atoms in total. The quantitative estimate of drug-likeness (QED) is 0.723. The zero-order valence-corrected chi connectivity index (χ0v) is 9.59. The van der Waals surface area contributed by atoms with Crippen LogP contribution >= 0.6 is 0 Å². The molecule has 4 heteroatoms. The van der Waals surface area contributed by atoms with Crippen molar-refractivity contribution in [2.45, 2.75) is 32.2 Å². The summed E-state index contributed by atoms with van der Waals surface area (Å²) in [4.78, 5) is 22.2. The fraction of sp³-hybridized carbons (Fsp3) is 0.583. The minimum absolute atomic E-state index is 0.0600. The fourth-order valence-electron chi connectivity index (χ4n) is 2.12. The Morgan fingerprint density at radius 3 is 2.75 bits per heavy atom. The minimum Gasteiger partial charge on any atom is -0.293 e. The van der Waals surface area contributed by atoms with Crippen molar-refractivity contribution in [2.24, 2.45) is 0 Å². The highest BCUT2D eigenvalue weighted by Gasteiger charge is 2.24. The normalized spacial score (nSPS) is 19.3. The summed E-state index contributed by atoms with van der Waals surface area (Å²) >= 11 is 0. The number of likely N-dealkylation sites (tertiary alicyclic amines) is 1. The maximum absolute atomic E-state index is 12.1. The van der Waals surface area contributed by atoms with Crippen LogP contribution in [0.2, 0.25) is 0 Å². The molecule has 1 aliphatic heterocycles. The van der Waals surface area contributed by atoms with E-state index in [9.17, 15) is 4.79 Å². The van der Waals surface area contributed by atoms with Crippen molar-refractivity contribution >= 4 is 5.78 Å². The maximum Gasteiger partial charge on any atom is 0.198 e. The Balaban J connectivity index is 2.04. The van der Waals surface area contributed by atoms with Gasteiger partial charge in [-0.25, -0.2) is 9.97 Å². The van der Waals surface area contributed by atoms with Gasteiger partial charge in [-0.3, -0.25) is 9.69 Å². The van der Waals surface area contributed by atoms with Crippen LogP contribution in [0.4, 0.5) is 0 Å². The molecular weight excluding hydrogens is 202 g/mol. The van der Waals surface area contributed by atoms with Crippen LogP contribution in [0.1, 0.15) is 36.7 Å². The van der Waals surface area contributed by atoms with Gasteiger partial charge in [-0.05, 0) is 38.9 Å². The average Bonchev–Trinajstić information content (AvgIpc) is 2.39. The lowest BCUT2D eigenvalue weighted by molar-refractivity contribution is 0.0803. The average molecular weight is 219 g/mol. The smallest absolute Gasteiger partial charge is 0.198 e. The van der Waals surface area contributed by atoms with Crippen molar-refractivity contribution in [3.63, 3.8) is 0 Å². The molecule has 0 N–H and O–H groups in total. The van der Waals surface area contributed by atoms with Gasteiger partial charge < -0.3 is 0 Å². The first-order valence-electron chi connectivity index (χ1n) is 5.83. The summed E-state index contributed by atoms with van der Waals surface area (Å²) in [6.45, 7) is 4.02. The van der Waals surface area contributed by atoms with Crippen LogP contribution in [-0.4, -0.2) is 39.8 Å². The van der Waals surface area contributed by atoms with Gasteiger partial charge in [0.15, 0.2) is 5.78 Å². The largest absolute Gasteiger partial charge is 0.293 e. The lowest BCUT2D eigenvalue weighted by Crippen LogP contribution is -2.42. The summed E-state index contributed by atoms with van der Waals surface area (Å²) in [5.74, 6) is 0.101. The van der Waals surface area contributed by atoms with E-state index >= 15 is 0 Å². The van der Waals surface area contributed by atoms with Crippen molar-refractivity contribution in [1.82, 2.24) is 14.9 Å². The lowest BCUT2D eigenvalue weighted by Gasteiger charge is -2.31. The van der Waals surface area contributed by atoms with Crippen LogP contribution < -0.4 is 0 Å². The number of ketones is 1. The number of hydrogen-bond donors (Lipinski definition) is 0. The molecule has 1 fully saturated rings. The highest BCUT2D eigenvalue weighted by Crippen LogP contribution is 2.14. The summed E-state index contributed by atoms with van der Waals surface area (Å²) in [7, 11) is 0. The maximum atomic E-state index is 12.1. The number of carbonyl (C=O) groups excluding carboxylic acids is 1. The van der Waals surface area contributed by atoms with E-state index in [1.165, 1.54) is 25.6 Å². The molecule has 1 atom stereocenters. The first-order valence-corrected chi connectivity index (χ1v) is 5.83. The van der Waals surface area contributed by atoms with Gasteiger partial charge in [-0.2, -0.15) is 0 Å². The molecule has 1 unspecified atom stereocenters. The molecule has 86 valence electrons. The Bertz CT molecular complexity index is 347. The molecule has 2 rings (SSSR count). The molecule has 0 spiro atoms. The van der Waals surface area contributed by atoms with Gasteiger partial charge in [0.2, 0.25) is 0 Å². The van der Waals surface area contributed by atoms with Crippen LogP contribution in [0.3, 0.4) is 0 Å². The van der Waals surface area contributed by atoms with E-state index in [-0.39, 0.29) is 11.8 Å². The monoisotopic (exact) mass is 219 g/mol. The van der Waals surface area contributed by atoms with E-state index in [0.717, 1.165) is 13.1 Å². The zero-order valence-electron chi connectivity index (χ0n) is 9.59. The Hall–Kier alpha value is -1.29. The highest BCUT2D eigenvalue weighted by atomic mass is 16.1. The van der Waals surface area contributed by atoms with Gasteiger partial charge in [0.25, 0.3) is 0 Å². The second kappa shape index (κ2) is 5.16. The highest BCUT2D eigenvalue weighted by molar-refractivity contribution is 5.98. The Labute approximate surface area is 95.7 Å². The number of carbonyl (C=O) groups is 1. The molecule has 2 heterocycles. The van der Waals surface area contributed by atoms with Crippen LogP contribution in [-0.2, 0) is 0 Å². The summed E-state index contributed by atoms with van der Waals surface area (Å²) < 4.78 is 0. The summed E-state index contributed by atoms with van der Waals surface area (Å²) in [5.41, 5.74) is 0.521. The van der Waals surface area contributed by atoms with E-state index in [0.29, 0.717) is 5.69 Å². The molecule has 0 bridgehead atoms. The minimum atomic E-state index is -0.0600. The van der Waals surface area contributed by atoms with Crippen molar-refractivity contribution in [3.05, 3.63) is 24.3 Å². The van der Waals surface area contributed by atoms with E-state index in [1.54, 1.807) is 12.3 Å². The van der Waals surface area contributed by atoms with E-state index in [4.69, 9.17) is 0 Å². The Morgan fingerprint density at radius 2 is 2.12 bits per heavy atom. The third-order valence-electron chi connectivity index (χ3n) is 3.15. The first-order chi connectivity index (χ1) is 7.79. The van der Waals surface area contributed by atoms with Crippen molar-refractivity contribution in [1.29, 1.82) is 0 Å². The van der Waals surface area contributed by atoms with Crippen molar-refractivity contribution < 1.29 is 4.79 Å². The van der Waals surface area contributed by atoms with E-state index in [1.807, 2.05) is 6.92 Å². The van der Waals surface area contributed by atoms with Gasteiger partial charge in [0.1, 0.15) is 12.0 Å². The van der Waals surface area contributed by atoms with Gasteiger partial charge in [-0.15, -0.1) is 0 Å². The Morgan fingerprint density at radius 1 is 1.38 bits per heavy atom. The standard InChI is InChI=1S/C12H17N3O/c1-10(15-7-3-2-4-8-15)12(16)11-5-6-13-9-14-11/h5-6,9-10H,2-4,7-8H2,1H3. The van der Waals surface area contributed by atoms with Crippen LogP contribution in [0, 0.1) is 0 Å². The molecule has 0 radical (unpaired) electrons. The van der Waals surface area contributed by atoms with E-state index < -0.39 is 0 Å². The van der Waals surface area contributed by atoms with Crippen LogP contribution in [0.5, 0.6) is 0 Å². The lowest BCUT2D eigenvalue weighted by atomic mass is 10.0. The summed E-state index contributed by atoms with van der Waals surface area (Å²) in [6.07, 6.45) is 6.72. The van der Waals surface area contributed by atoms with Gasteiger partial charge in [0.05, 0.1) is 6.04 Å². The van der Waals surface area contributed by atoms with Crippen molar-refractivity contribution in [2.75, 3.05) is 13.1 Å². The number of piperidine rings is 1. The number of nitrogens with zero attached hydrogens (tertiary/aromatic N) is 3. The molecule has 0 aliphatic carbocycles. The number of Topliss-reactive ketones (excluding diaryl/α,β-unsaturated/α-hetero) is 1. The molecule has 0 amide bonds. The predicted octanol–water partition coefficient (Wildman–Crippen LogP) is 1.53. The van der Waals surface area contributed by atoms with Gasteiger partial charge in [-0.1, -0.05) is 6.42 Å². The zero-order chi connectivity index (χ0) is 11.4. The molecule has 0 saturated carbocycles. The molecule has 1 saturated heterocycles. The molecule has 16 heavy (non-hydrogen) atoms. The fourth-order valence-corrected chi connectivity index (χ4v) is 2.12. The van der Waals surface area contributed by atoms with Crippen LogP contribution in [0.25, 0.3) is 0 Å². The Kier molecular flexibility index (Phi) is 3.62. The third kappa shape index (κ3) is 2.44. The second-order valence-electron chi connectivity index (χ2n) is 4.23. The van der Waals surface area contributed by atoms with Gasteiger partial charge in [0, 0.05) is 6.20 Å². The van der Waals surface area contributed by atoms with Crippen LogP contribution in [0.15, 0.2) is 18.6 Å². The molecule has 1 aromatic rings. The van der Waals surface area contributed by atoms with Gasteiger partial charge >= 0.3 is 0 Å². The summed E-state index contributed by atoms with van der Waals surface area (Å²) in [6, 6.07) is 1.62. The molecule has 1 aromatic heterocycles. The predicted molar refractivity (Wildman–Crippen MR) is 61.2 cm³/mol. The molecule has 0 aromatic carbocycles.